The summed E-state index contributed by atoms with van der Waals surface area (Å²) in [7, 11) is 1.90. The Labute approximate surface area is 185 Å². The van der Waals surface area contributed by atoms with E-state index in [-0.39, 0.29) is 24.0 Å². The standard InChI is InChI=1S/C18H22ClN7O.HI/c1-3-20-18(22-12-15-7-10-23-26(15)2)21-9-8-16-24-17(25-27-16)13-5-4-6-14(19)11-13;/h4-7,10-11H,3,8-9,12H2,1-2H3,(H2,20,21,22);1H. The van der Waals surface area contributed by atoms with Crippen LogP contribution in [0.2, 0.25) is 5.02 Å². The number of aromatic nitrogens is 4. The molecule has 0 amide bonds. The van der Waals surface area contributed by atoms with Crippen LogP contribution >= 0.6 is 35.6 Å². The van der Waals surface area contributed by atoms with Gasteiger partial charge >= 0.3 is 0 Å². The molecule has 0 aliphatic carbocycles. The molecule has 0 aliphatic rings. The van der Waals surface area contributed by atoms with Crippen molar-refractivity contribution in [3.63, 3.8) is 0 Å². The Morgan fingerprint density at radius 2 is 2.14 bits per heavy atom. The summed E-state index contributed by atoms with van der Waals surface area (Å²) in [5.41, 5.74) is 1.87. The molecule has 0 unspecified atom stereocenters. The molecule has 0 spiro atoms. The van der Waals surface area contributed by atoms with Gasteiger partial charge in [-0.15, -0.1) is 24.0 Å². The van der Waals surface area contributed by atoms with Crippen LogP contribution in [-0.4, -0.2) is 39.0 Å². The van der Waals surface area contributed by atoms with Gasteiger partial charge in [0.1, 0.15) is 0 Å². The van der Waals surface area contributed by atoms with Crippen molar-refractivity contribution in [1.29, 1.82) is 0 Å². The van der Waals surface area contributed by atoms with E-state index in [1.54, 1.807) is 6.20 Å². The lowest BCUT2D eigenvalue weighted by Crippen LogP contribution is -2.38. The van der Waals surface area contributed by atoms with Gasteiger partial charge in [0.05, 0.1) is 12.2 Å². The average molecular weight is 516 g/mol. The van der Waals surface area contributed by atoms with Crippen molar-refractivity contribution < 1.29 is 4.52 Å². The lowest BCUT2D eigenvalue weighted by molar-refractivity contribution is 0.378. The number of aliphatic imine (C=N–C) groups is 1. The Hall–Kier alpha value is -2.14. The van der Waals surface area contributed by atoms with E-state index < -0.39 is 0 Å². The number of guanidine groups is 1. The molecule has 0 aliphatic heterocycles. The van der Waals surface area contributed by atoms with Crippen LogP contribution in [0.3, 0.4) is 0 Å². The molecule has 0 bridgehead atoms. The van der Waals surface area contributed by atoms with Gasteiger partial charge < -0.3 is 15.2 Å². The van der Waals surface area contributed by atoms with Crippen molar-refractivity contribution in [2.75, 3.05) is 13.1 Å². The molecule has 1 aromatic carbocycles. The number of nitrogens with one attached hydrogen (secondary N) is 2. The maximum atomic E-state index is 6.00. The normalized spacial score (nSPS) is 11.2. The van der Waals surface area contributed by atoms with Crippen molar-refractivity contribution in [3.8, 4) is 11.4 Å². The highest BCUT2D eigenvalue weighted by Crippen LogP contribution is 2.19. The molecule has 3 aromatic rings. The summed E-state index contributed by atoms with van der Waals surface area (Å²) < 4.78 is 7.13. The van der Waals surface area contributed by atoms with Crippen LogP contribution < -0.4 is 10.6 Å². The van der Waals surface area contributed by atoms with Crippen LogP contribution in [0.5, 0.6) is 0 Å². The predicted octanol–water partition coefficient (Wildman–Crippen LogP) is 3.04. The minimum atomic E-state index is 0. The minimum absolute atomic E-state index is 0. The van der Waals surface area contributed by atoms with E-state index in [0.29, 0.717) is 36.2 Å². The highest BCUT2D eigenvalue weighted by molar-refractivity contribution is 14.0. The van der Waals surface area contributed by atoms with Gasteiger partial charge in [0.25, 0.3) is 0 Å². The Morgan fingerprint density at radius 1 is 1.29 bits per heavy atom. The molecule has 0 saturated heterocycles. The molecule has 28 heavy (non-hydrogen) atoms. The summed E-state index contributed by atoms with van der Waals surface area (Å²) in [6.07, 6.45) is 2.35. The van der Waals surface area contributed by atoms with Crippen LogP contribution in [0.4, 0.5) is 0 Å². The molecule has 3 rings (SSSR count). The molecule has 0 atom stereocenters. The molecular weight excluding hydrogens is 493 g/mol. The Bertz CT molecular complexity index is 909. The molecule has 2 heterocycles. The summed E-state index contributed by atoms with van der Waals surface area (Å²) in [6, 6.07) is 9.32. The van der Waals surface area contributed by atoms with Gasteiger partial charge in [0.15, 0.2) is 5.96 Å². The third-order valence-corrected chi connectivity index (χ3v) is 4.08. The van der Waals surface area contributed by atoms with E-state index in [4.69, 9.17) is 16.1 Å². The van der Waals surface area contributed by atoms with Gasteiger partial charge in [-0.25, -0.2) is 4.99 Å². The molecule has 150 valence electrons. The highest BCUT2D eigenvalue weighted by Gasteiger charge is 2.09. The largest absolute Gasteiger partial charge is 0.357 e. The smallest absolute Gasteiger partial charge is 0.228 e. The Morgan fingerprint density at radius 3 is 2.86 bits per heavy atom. The van der Waals surface area contributed by atoms with Gasteiger partial charge in [-0.3, -0.25) is 4.68 Å². The third kappa shape index (κ3) is 6.20. The van der Waals surface area contributed by atoms with Crippen LogP contribution in [0.15, 0.2) is 46.0 Å². The average Bonchev–Trinajstić information content (AvgIpc) is 3.29. The van der Waals surface area contributed by atoms with E-state index in [1.165, 1.54) is 0 Å². The van der Waals surface area contributed by atoms with Crippen molar-refractivity contribution in [2.45, 2.75) is 19.9 Å². The summed E-state index contributed by atoms with van der Waals surface area (Å²) in [6.45, 7) is 3.97. The second-order valence-electron chi connectivity index (χ2n) is 5.84. The number of hydrogen-bond acceptors (Lipinski definition) is 5. The summed E-state index contributed by atoms with van der Waals surface area (Å²) in [5.74, 6) is 1.82. The molecule has 10 heteroatoms. The first-order valence-corrected chi connectivity index (χ1v) is 9.11. The molecule has 0 saturated carbocycles. The molecule has 2 N–H and O–H groups in total. The van der Waals surface area contributed by atoms with Crippen molar-refractivity contribution in [3.05, 3.63) is 53.1 Å². The van der Waals surface area contributed by atoms with E-state index in [1.807, 2.05) is 49.0 Å². The van der Waals surface area contributed by atoms with Crippen LogP contribution in [0, 0.1) is 0 Å². The fourth-order valence-electron chi connectivity index (χ4n) is 2.45. The lowest BCUT2D eigenvalue weighted by atomic mass is 10.2. The number of hydrogen-bond donors (Lipinski definition) is 2. The van der Waals surface area contributed by atoms with Crippen molar-refractivity contribution >= 4 is 41.5 Å². The molecule has 2 aromatic heterocycles. The van der Waals surface area contributed by atoms with Crippen molar-refractivity contribution in [2.24, 2.45) is 12.0 Å². The Balaban J connectivity index is 0.00000280. The van der Waals surface area contributed by atoms with E-state index >= 15 is 0 Å². The summed E-state index contributed by atoms with van der Waals surface area (Å²) in [4.78, 5) is 8.98. The first-order chi connectivity index (χ1) is 13.2. The third-order valence-electron chi connectivity index (χ3n) is 3.85. The van der Waals surface area contributed by atoms with E-state index in [0.717, 1.165) is 23.8 Å². The fourth-order valence-corrected chi connectivity index (χ4v) is 2.64. The first-order valence-electron chi connectivity index (χ1n) is 8.73. The lowest BCUT2D eigenvalue weighted by Gasteiger charge is -2.10. The maximum absolute atomic E-state index is 6.00. The van der Waals surface area contributed by atoms with Crippen molar-refractivity contribution in [1.82, 2.24) is 30.6 Å². The van der Waals surface area contributed by atoms with Crippen LogP contribution in [0.25, 0.3) is 11.4 Å². The maximum Gasteiger partial charge on any atom is 0.228 e. The number of benzene rings is 1. The first kappa shape index (κ1) is 22.2. The van der Waals surface area contributed by atoms with E-state index in [9.17, 15) is 0 Å². The van der Waals surface area contributed by atoms with Gasteiger partial charge in [0.2, 0.25) is 11.7 Å². The Kier molecular flexibility index (Phi) is 8.71. The van der Waals surface area contributed by atoms with Crippen LogP contribution in [0.1, 0.15) is 18.5 Å². The van der Waals surface area contributed by atoms with Gasteiger partial charge in [0, 0.05) is 43.3 Å². The van der Waals surface area contributed by atoms with Gasteiger partial charge in [-0.1, -0.05) is 28.9 Å². The predicted molar refractivity (Wildman–Crippen MR) is 120 cm³/mol. The second kappa shape index (κ2) is 11.0. The van der Waals surface area contributed by atoms with Crippen LogP contribution in [-0.2, 0) is 20.0 Å². The van der Waals surface area contributed by atoms with E-state index in [2.05, 4.69) is 30.9 Å². The van der Waals surface area contributed by atoms with Gasteiger partial charge in [-0.05, 0) is 25.1 Å². The molecule has 8 nitrogen and oxygen atoms in total. The zero-order valence-corrected chi connectivity index (χ0v) is 18.8. The summed E-state index contributed by atoms with van der Waals surface area (Å²) in [5, 5.41) is 15.3. The summed E-state index contributed by atoms with van der Waals surface area (Å²) >= 11 is 6.00. The van der Waals surface area contributed by atoms with Gasteiger partial charge in [-0.2, -0.15) is 10.1 Å². The molecule has 0 radical (unpaired) electrons. The second-order valence-corrected chi connectivity index (χ2v) is 6.28. The fraction of sp³-hybridized carbons (Fsp3) is 0.333. The minimum Gasteiger partial charge on any atom is -0.357 e. The topological polar surface area (TPSA) is 93.2 Å². The molecular formula is C18H23ClIN7O. The number of nitrogens with zero attached hydrogens (tertiary/aromatic N) is 5. The monoisotopic (exact) mass is 515 g/mol. The highest BCUT2D eigenvalue weighted by atomic mass is 127. The number of rotatable bonds is 7. The number of aryl methyl sites for hydroxylation is 1. The zero-order chi connectivity index (χ0) is 19.1. The quantitative estimate of drug-likeness (QED) is 0.285. The zero-order valence-electron chi connectivity index (χ0n) is 15.7. The number of halogens is 2. The molecule has 0 fully saturated rings. The SMILES string of the molecule is CCNC(=NCc1ccnn1C)NCCc1nc(-c2cccc(Cl)c2)no1.I.